The zero-order valence-electron chi connectivity index (χ0n) is 14.2. The number of alkyl halides is 2. The van der Waals surface area contributed by atoms with Gasteiger partial charge in [-0.3, -0.25) is 19.7 Å². The highest BCUT2D eigenvalue weighted by atomic mass is 35.5. The van der Waals surface area contributed by atoms with Crippen molar-refractivity contribution in [2.24, 2.45) is 0 Å². The Kier molecular flexibility index (Phi) is 8.21. The molecule has 0 saturated heterocycles. The number of carbonyl (C=O) groups is 3. The molecule has 2 amide bonds. The first-order chi connectivity index (χ1) is 13.3. The van der Waals surface area contributed by atoms with Crippen LogP contribution in [0.3, 0.4) is 0 Å². The Morgan fingerprint density at radius 2 is 1.75 bits per heavy atom. The number of nitrogens with one attached hydrogen (secondary N) is 1. The molecule has 0 aliphatic carbocycles. The minimum absolute atomic E-state index is 0.0515. The van der Waals surface area contributed by atoms with E-state index in [9.17, 15) is 23.2 Å². The summed E-state index contributed by atoms with van der Waals surface area (Å²) in [7, 11) is 0. The topological polar surface area (TPSA) is 81.7 Å². The van der Waals surface area contributed by atoms with Gasteiger partial charge >= 0.3 is 12.6 Å². The van der Waals surface area contributed by atoms with Crippen LogP contribution in [0.15, 0.2) is 53.4 Å². The van der Waals surface area contributed by atoms with Crippen LogP contribution >= 0.6 is 23.4 Å². The fraction of sp³-hybridized carbons (Fsp3) is 0.167. The van der Waals surface area contributed by atoms with E-state index in [0.717, 1.165) is 23.9 Å². The van der Waals surface area contributed by atoms with Crippen molar-refractivity contribution in [3.05, 3.63) is 59.1 Å². The highest BCUT2D eigenvalue weighted by molar-refractivity contribution is 8.00. The van der Waals surface area contributed by atoms with Crippen LogP contribution in [0.1, 0.15) is 10.4 Å². The normalized spacial score (nSPS) is 10.4. The van der Waals surface area contributed by atoms with E-state index in [1.807, 2.05) is 5.32 Å². The number of carbonyl (C=O) groups excluding carboxylic acids is 3. The number of hydrogen-bond donors (Lipinski definition) is 1. The number of amides is 2. The first-order valence-corrected chi connectivity index (χ1v) is 9.13. The van der Waals surface area contributed by atoms with E-state index in [1.54, 1.807) is 24.3 Å². The monoisotopic (exact) mass is 429 g/mol. The molecule has 0 saturated carbocycles. The molecule has 0 unspecified atom stereocenters. The van der Waals surface area contributed by atoms with Crippen molar-refractivity contribution in [2.45, 2.75) is 11.5 Å². The van der Waals surface area contributed by atoms with Crippen molar-refractivity contribution in [2.75, 3.05) is 12.4 Å². The Hall–Kier alpha value is -2.65. The molecule has 6 nitrogen and oxygen atoms in total. The van der Waals surface area contributed by atoms with Crippen LogP contribution in [0.25, 0.3) is 0 Å². The predicted molar refractivity (Wildman–Crippen MR) is 98.7 cm³/mol. The Balaban J connectivity index is 1.74. The molecule has 0 atom stereocenters. The van der Waals surface area contributed by atoms with Gasteiger partial charge in [0.25, 0.3) is 11.8 Å². The molecule has 0 heterocycles. The summed E-state index contributed by atoms with van der Waals surface area (Å²) in [5.41, 5.74) is 0.0515. The van der Waals surface area contributed by atoms with E-state index in [0.29, 0.717) is 9.92 Å². The van der Waals surface area contributed by atoms with E-state index in [-0.39, 0.29) is 17.1 Å². The summed E-state index contributed by atoms with van der Waals surface area (Å²) < 4.78 is 33.1. The van der Waals surface area contributed by atoms with Gasteiger partial charge in [0.05, 0.1) is 10.8 Å². The van der Waals surface area contributed by atoms with Crippen LogP contribution in [0.2, 0.25) is 5.02 Å². The third-order valence-corrected chi connectivity index (χ3v) is 4.63. The van der Waals surface area contributed by atoms with Crippen molar-refractivity contribution in [1.82, 2.24) is 5.32 Å². The molecular formula is C18H14ClF2NO5S. The predicted octanol–water partition coefficient (Wildman–Crippen LogP) is 3.53. The summed E-state index contributed by atoms with van der Waals surface area (Å²) in [5, 5.41) is 2.52. The maximum absolute atomic E-state index is 12.1. The van der Waals surface area contributed by atoms with Gasteiger partial charge in [0.1, 0.15) is 5.75 Å². The lowest BCUT2D eigenvalue weighted by atomic mass is 10.2. The molecule has 1 N–H and O–H groups in total. The maximum Gasteiger partial charge on any atom is 0.387 e. The molecule has 2 aromatic carbocycles. The summed E-state index contributed by atoms with van der Waals surface area (Å²) in [6, 6.07) is 11.7. The van der Waals surface area contributed by atoms with Crippen molar-refractivity contribution < 1.29 is 32.6 Å². The lowest BCUT2D eigenvalue weighted by Crippen LogP contribution is -2.34. The molecule has 0 aromatic heterocycles. The lowest BCUT2D eigenvalue weighted by Gasteiger charge is -2.07. The number of esters is 1. The van der Waals surface area contributed by atoms with Crippen LogP contribution in [0.4, 0.5) is 8.78 Å². The molecule has 2 rings (SSSR count). The summed E-state index contributed by atoms with van der Waals surface area (Å²) in [6.07, 6.45) is 0. The van der Waals surface area contributed by atoms with Crippen molar-refractivity contribution in [1.29, 1.82) is 0 Å². The quantitative estimate of drug-likeness (QED) is 0.510. The van der Waals surface area contributed by atoms with Gasteiger partial charge in [-0.05, 0) is 36.4 Å². The number of benzene rings is 2. The molecule has 0 bridgehead atoms. The molecule has 0 aliphatic heterocycles. The second-order valence-corrected chi connectivity index (χ2v) is 6.58. The molecular weight excluding hydrogens is 416 g/mol. The number of ether oxygens (including phenoxy) is 2. The number of halogens is 3. The highest BCUT2D eigenvalue weighted by Gasteiger charge is 2.14. The van der Waals surface area contributed by atoms with Gasteiger partial charge in [-0.2, -0.15) is 8.78 Å². The number of hydrogen-bond acceptors (Lipinski definition) is 6. The summed E-state index contributed by atoms with van der Waals surface area (Å²) in [5.74, 6) is -2.43. The standard InChI is InChI=1S/C18H14ClF2NO5S/c19-13-3-1-2-4-14(13)28-10-16(24)26-9-15(23)22-17(25)11-5-7-12(8-6-11)27-18(20)21/h1-8,18H,9-10H2,(H,22,23,25). The van der Waals surface area contributed by atoms with Crippen molar-refractivity contribution in [3.63, 3.8) is 0 Å². The summed E-state index contributed by atoms with van der Waals surface area (Å²) >= 11 is 7.12. The zero-order chi connectivity index (χ0) is 20.5. The third-order valence-electron chi connectivity index (χ3n) is 3.14. The maximum atomic E-state index is 12.1. The number of imide groups is 1. The van der Waals surface area contributed by atoms with Crippen LogP contribution < -0.4 is 10.1 Å². The van der Waals surface area contributed by atoms with Crippen LogP contribution in [-0.2, 0) is 14.3 Å². The second kappa shape index (κ2) is 10.6. The third kappa shape index (κ3) is 7.16. The van der Waals surface area contributed by atoms with Crippen LogP contribution in [0, 0.1) is 0 Å². The molecule has 148 valence electrons. The number of rotatable bonds is 8. The van der Waals surface area contributed by atoms with Crippen molar-refractivity contribution in [3.8, 4) is 5.75 Å². The SMILES string of the molecule is O=C(COC(=O)CSc1ccccc1Cl)NC(=O)c1ccc(OC(F)F)cc1. The zero-order valence-corrected chi connectivity index (χ0v) is 15.8. The van der Waals surface area contributed by atoms with E-state index in [4.69, 9.17) is 16.3 Å². The highest BCUT2D eigenvalue weighted by Crippen LogP contribution is 2.26. The molecule has 2 aromatic rings. The molecule has 0 fully saturated rings. The average molecular weight is 430 g/mol. The Labute approximate surface area is 168 Å². The van der Waals surface area contributed by atoms with E-state index >= 15 is 0 Å². The van der Waals surface area contributed by atoms with Gasteiger partial charge in [-0.25, -0.2) is 0 Å². The second-order valence-electron chi connectivity index (χ2n) is 5.16. The van der Waals surface area contributed by atoms with Gasteiger partial charge in [0.2, 0.25) is 0 Å². The van der Waals surface area contributed by atoms with E-state index in [1.165, 1.54) is 12.1 Å². The average Bonchev–Trinajstić information content (AvgIpc) is 2.65. The lowest BCUT2D eigenvalue weighted by molar-refractivity contribution is -0.145. The van der Waals surface area contributed by atoms with Gasteiger partial charge in [0, 0.05) is 10.5 Å². The summed E-state index contributed by atoms with van der Waals surface area (Å²) in [4.78, 5) is 36.0. The molecule has 28 heavy (non-hydrogen) atoms. The first-order valence-electron chi connectivity index (χ1n) is 7.77. The molecule has 0 radical (unpaired) electrons. The van der Waals surface area contributed by atoms with E-state index in [2.05, 4.69) is 4.74 Å². The Bertz CT molecular complexity index is 848. The minimum Gasteiger partial charge on any atom is -0.455 e. The molecule has 10 heteroatoms. The van der Waals surface area contributed by atoms with Crippen LogP contribution in [-0.4, -0.2) is 36.8 Å². The minimum atomic E-state index is -2.98. The van der Waals surface area contributed by atoms with Gasteiger partial charge in [-0.1, -0.05) is 23.7 Å². The van der Waals surface area contributed by atoms with E-state index < -0.39 is 31.0 Å². The largest absolute Gasteiger partial charge is 0.455 e. The fourth-order valence-corrected chi connectivity index (χ4v) is 2.95. The number of thioether (sulfide) groups is 1. The first kappa shape index (κ1) is 21.6. The molecule has 0 aliphatic rings. The smallest absolute Gasteiger partial charge is 0.387 e. The summed E-state index contributed by atoms with van der Waals surface area (Å²) in [6.45, 7) is -3.62. The van der Waals surface area contributed by atoms with Gasteiger partial charge in [-0.15, -0.1) is 11.8 Å². The van der Waals surface area contributed by atoms with Crippen LogP contribution in [0.5, 0.6) is 5.75 Å². The fourth-order valence-electron chi connectivity index (χ4n) is 1.91. The Morgan fingerprint density at radius 3 is 2.39 bits per heavy atom. The Morgan fingerprint density at radius 1 is 1.07 bits per heavy atom. The van der Waals surface area contributed by atoms with Gasteiger partial charge in [0.15, 0.2) is 6.61 Å². The van der Waals surface area contributed by atoms with Crippen molar-refractivity contribution >= 4 is 41.1 Å². The van der Waals surface area contributed by atoms with Gasteiger partial charge < -0.3 is 9.47 Å². The molecule has 0 spiro atoms.